The first-order valence-electron chi connectivity index (χ1n) is 12.7. The van der Waals surface area contributed by atoms with Crippen LogP contribution in [0.1, 0.15) is 38.7 Å². The molecule has 4 aromatic heterocycles. The van der Waals surface area contributed by atoms with Gasteiger partial charge in [-0.1, -0.05) is 23.7 Å². The SMILES string of the molecule is Cc1cc(Cl)c(COc2cccc3c(-c4ccc(C(=O)O)n4C)cc(C)nc23)c(Cn2cccc(C(F)(F)F)c2=O)n1. The van der Waals surface area contributed by atoms with E-state index in [-0.39, 0.29) is 29.6 Å². The number of halogens is 4. The Morgan fingerprint density at radius 3 is 2.48 bits per heavy atom. The lowest BCUT2D eigenvalue weighted by Crippen LogP contribution is -2.29. The number of aromatic nitrogens is 4. The van der Waals surface area contributed by atoms with Crippen molar-refractivity contribution >= 4 is 28.5 Å². The zero-order valence-electron chi connectivity index (χ0n) is 22.7. The van der Waals surface area contributed by atoms with E-state index in [0.29, 0.717) is 33.9 Å². The lowest BCUT2D eigenvalue weighted by atomic mass is 10.0. The number of benzene rings is 1. The summed E-state index contributed by atoms with van der Waals surface area (Å²) < 4.78 is 48.7. The molecular formula is C30H24ClF3N4O4. The van der Waals surface area contributed by atoms with Crippen molar-refractivity contribution in [3.8, 4) is 17.0 Å². The van der Waals surface area contributed by atoms with Crippen LogP contribution in [0.25, 0.3) is 22.2 Å². The lowest BCUT2D eigenvalue weighted by molar-refractivity contribution is -0.138. The average molecular weight is 597 g/mol. The van der Waals surface area contributed by atoms with E-state index in [0.717, 1.165) is 27.6 Å². The van der Waals surface area contributed by atoms with Crippen molar-refractivity contribution < 1.29 is 27.8 Å². The summed E-state index contributed by atoms with van der Waals surface area (Å²) >= 11 is 6.55. The maximum atomic E-state index is 13.3. The largest absolute Gasteiger partial charge is 0.486 e. The maximum absolute atomic E-state index is 13.3. The number of carboxylic acid groups (broad SMARTS) is 1. The number of fused-ring (bicyclic) bond motifs is 1. The number of hydrogen-bond donors (Lipinski definition) is 1. The van der Waals surface area contributed by atoms with Crippen molar-refractivity contribution in [2.45, 2.75) is 33.2 Å². The summed E-state index contributed by atoms with van der Waals surface area (Å²) in [6, 6.07) is 14.0. The van der Waals surface area contributed by atoms with Gasteiger partial charge in [-0.05, 0) is 56.3 Å². The number of hydrogen-bond acceptors (Lipinski definition) is 5. The highest BCUT2D eigenvalue weighted by Gasteiger charge is 2.34. The highest BCUT2D eigenvalue weighted by atomic mass is 35.5. The fraction of sp³-hybridized carbons (Fsp3) is 0.200. The molecule has 0 saturated heterocycles. The molecule has 1 N–H and O–H groups in total. The monoisotopic (exact) mass is 596 g/mol. The molecule has 0 atom stereocenters. The normalized spacial score (nSPS) is 11.7. The van der Waals surface area contributed by atoms with Crippen LogP contribution in [0.2, 0.25) is 5.02 Å². The first-order valence-corrected chi connectivity index (χ1v) is 13.1. The van der Waals surface area contributed by atoms with Gasteiger partial charge < -0.3 is 19.0 Å². The number of carboxylic acids is 1. The second-order valence-corrected chi connectivity index (χ2v) is 10.2. The van der Waals surface area contributed by atoms with Crippen molar-refractivity contribution in [1.82, 2.24) is 19.1 Å². The van der Waals surface area contributed by atoms with Gasteiger partial charge in [0, 0.05) is 46.8 Å². The van der Waals surface area contributed by atoms with Gasteiger partial charge in [0.25, 0.3) is 5.56 Å². The van der Waals surface area contributed by atoms with E-state index in [4.69, 9.17) is 16.3 Å². The minimum Gasteiger partial charge on any atom is -0.486 e. The second kappa shape index (κ2) is 11.0. The first kappa shape index (κ1) is 28.9. The topological polar surface area (TPSA) is 99.2 Å². The van der Waals surface area contributed by atoms with Gasteiger partial charge in [-0.25, -0.2) is 9.78 Å². The van der Waals surface area contributed by atoms with Crippen LogP contribution < -0.4 is 10.3 Å². The number of alkyl halides is 3. The van der Waals surface area contributed by atoms with Crippen molar-refractivity contribution in [2.24, 2.45) is 7.05 Å². The Balaban J connectivity index is 1.53. The van der Waals surface area contributed by atoms with Gasteiger partial charge in [-0.15, -0.1) is 0 Å². The number of carbonyl (C=O) groups is 1. The number of ether oxygens (including phenoxy) is 1. The number of rotatable bonds is 7. The highest BCUT2D eigenvalue weighted by molar-refractivity contribution is 6.31. The Morgan fingerprint density at radius 1 is 1.05 bits per heavy atom. The van der Waals surface area contributed by atoms with Crippen molar-refractivity contribution in [2.75, 3.05) is 0 Å². The number of pyridine rings is 3. The number of para-hydroxylation sites is 1. The molecule has 0 spiro atoms. The third-order valence-electron chi connectivity index (χ3n) is 6.85. The van der Waals surface area contributed by atoms with Gasteiger partial charge >= 0.3 is 12.1 Å². The van der Waals surface area contributed by atoms with E-state index >= 15 is 0 Å². The minimum atomic E-state index is -4.79. The molecule has 5 rings (SSSR count). The third kappa shape index (κ3) is 5.47. The molecule has 0 aliphatic carbocycles. The Labute approximate surface area is 242 Å². The van der Waals surface area contributed by atoms with Gasteiger partial charge in [-0.2, -0.15) is 13.2 Å². The fourth-order valence-corrected chi connectivity index (χ4v) is 5.19. The zero-order chi connectivity index (χ0) is 30.3. The van der Waals surface area contributed by atoms with E-state index in [1.807, 2.05) is 19.1 Å². The standard InChI is InChI=1S/C30H24ClF3N4O4/c1-16-12-19(24-9-10-25(29(40)41)37(24)3)18-6-4-8-26(27(18)36-16)42-15-20-22(31)13-17(2)35-23(20)14-38-11-5-7-21(28(38)39)30(32,33)34/h4-13H,14-15H2,1-3H3,(H,40,41). The van der Waals surface area contributed by atoms with E-state index in [1.54, 1.807) is 42.8 Å². The quantitative estimate of drug-likeness (QED) is 0.233. The third-order valence-corrected chi connectivity index (χ3v) is 7.19. The molecule has 0 amide bonds. The number of aryl methyl sites for hydroxylation is 2. The van der Waals surface area contributed by atoms with Crippen LogP contribution in [0.5, 0.6) is 5.75 Å². The summed E-state index contributed by atoms with van der Waals surface area (Å²) in [7, 11) is 1.67. The summed E-state index contributed by atoms with van der Waals surface area (Å²) in [4.78, 5) is 33.3. The van der Waals surface area contributed by atoms with Gasteiger partial charge in [0.2, 0.25) is 0 Å². The Bertz CT molecular complexity index is 1910. The Morgan fingerprint density at radius 2 is 1.79 bits per heavy atom. The average Bonchev–Trinajstić information content (AvgIpc) is 3.29. The summed E-state index contributed by atoms with van der Waals surface area (Å²) in [5, 5.41) is 10.5. The molecule has 216 valence electrons. The molecule has 0 bridgehead atoms. The molecule has 8 nitrogen and oxygen atoms in total. The van der Waals surface area contributed by atoms with Crippen LogP contribution in [0.3, 0.4) is 0 Å². The molecule has 4 heterocycles. The molecule has 5 aromatic rings. The molecule has 0 aliphatic heterocycles. The molecule has 1 aromatic carbocycles. The Kier molecular flexibility index (Phi) is 7.55. The van der Waals surface area contributed by atoms with Crippen LogP contribution in [0.15, 0.2) is 65.6 Å². The Hall–Kier alpha value is -4.64. The highest BCUT2D eigenvalue weighted by Crippen LogP contribution is 2.35. The van der Waals surface area contributed by atoms with Crippen LogP contribution in [-0.4, -0.2) is 30.2 Å². The first-order chi connectivity index (χ1) is 19.8. The number of aromatic carboxylic acids is 1. The molecule has 0 radical (unpaired) electrons. The van der Waals surface area contributed by atoms with Gasteiger partial charge in [0.05, 0.1) is 17.3 Å². The number of nitrogens with zero attached hydrogens (tertiary/aromatic N) is 4. The molecular weight excluding hydrogens is 573 g/mol. The molecule has 42 heavy (non-hydrogen) atoms. The zero-order valence-corrected chi connectivity index (χ0v) is 23.4. The van der Waals surface area contributed by atoms with E-state index < -0.39 is 23.3 Å². The predicted molar refractivity (Wildman–Crippen MR) is 151 cm³/mol. The van der Waals surface area contributed by atoms with Crippen molar-refractivity contribution in [3.05, 3.63) is 110 Å². The van der Waals surface area contributed by atoms with E-state index in [1.165, 1.54) is 12.3 Å². The van der Waals surface area contributed by atoms with Gasteiger partial charge in [-0.3, -0.25) is 9.78 Å². The fourth-order valence-electron chi connectivity index (χ4n) is 4.87. The van der Waals surface area contributed by atoms with Crippen molar-refractivity contribution in [1.29, 1.82) is 0 Å². The van der Waals surface area contributed by atoms with Gasteiger partial charge in [0.1, 0.15) is 29.1 Å². The lowest BCUT2D eigenvalue weighted by Gasteiger charge is -2.17. The summed E-state index contributed by atoms with van der Waals surface area (Å²) in [5.74, 6) is -0.640. The molecule has 0 unspecified atom stereocenters. The molecule has 12 heteroatoms. The smallest absolute Gasteiger partial charge is 0.421 e. The van der Waals surface area contributed by atoms with Crippen LogP contribution >= 0.6 is 11.6 Å². The van der Waals surface area contributed by atoms with Crippen LogP contribution in [-0.2, 0) is 26.4 Å². The summed E-state index contributed by atoms with van der Waals surface area (Å²) in [5.41, 5.74) is 1.53. The second-order valence-electron chi connectivity index (χ2n) is 9.74. The predicted octanol–water partition coefficient (Wildman–Crippen LogP) is 6.41. The van der Waals surface area contributed by atoms with Crippen LogP contribution in [0, 0.1) is 13.8 Å². The summed E-state index contributed by atoms with van der Waals surface area (Å²) in [6.07, 6.45) is -3.53. The van der Waals surface area contributed by atoms with Crippen LogP contribution in [0.4, 0.5) is 13.2 Å². The minimum absolute atomic E-state index is 0.105. The summed E-state index contributed by atoms with van der Waals surface area (Å²) in [6.45, 7) is 3.14. The molecule has 0 fully saturated rings. The van der Waals surface area contributed by atoms with Crippen molar-refractivity contribution in [3.63, 3.8) is 0 Å². The molecule has 0 aliphatic rings. The molecule has 0 saturated carbocycles. The van der Waals surface area contributed by atoms with E-state index in [9.17, 15) is 27.9 Å². The van der Waals surface area contributed by atoms with Gasteiger partial charge in [0.15, 0.2) is 0 Å². The van der Waals surface area contributed by atoms with E-state index in [2.05, 4.69) is 9.97 Å². The maximum Gasteiger partial charge on any atom is 0.421 e.